The molecule has 1 amide bonds. The third-order valence-corrected chi connectivity index (χ3v) is 7.01. The van der Waals surface area contributed by atoms with E-state index in [1.165, 1.54) is 5.56 Å². The maximum Gasteiger partial charge on any atom is 0.235 e. The lowest BCUT2D eigenvalue weighted by Crippen LogP contribution is -2.36. The van der Waals surface area contributed by atoms with Crippen LogP contribution in [0.3, 0.4) is 0 Å². The number of amides is 1. The molecule has 0 fully saturated rings. The van der Waals surface area contributed by atoms with Crippen LogP contribution in [0.25, 0.3) is 0 Å². The van der Waals surface area contributed by atoms with Gasteiger partial charge in [0.1, 0.15) is 0 Å². The number of halogens is 1. The maximum absolute atomic E-state index is 12.7. The molecule has 3 heterocycles. The Morgan fingerprint density at radius 2 is 2.24 bits per heavy atom. The minimum absolute atomic E-state index is 0.131. The number of nitrogens with zero attached hydrogens (tertiary/aromatic N) is 1. The molecule has 0 bridgehead atoms. The van der Waals surface area contributed by atoms with Gasteiger partial charge in [0.05, 0.1) is 5.41 Å². The first-order chi connectivity index (χ1) is 12.1. The van der Waals surface area contributed by atoms with Crippen molar-refractivity contribution in [1.29, 1.82) is 0 Å². The average molecular weight is 375 g/mol. The molecule has 4 rings (SSSR count). The van der Waals surface area contributed by atoms with Crippen molar-refractivity contribution in [3.63, 3.8) is 0 Å². The van der Waals surface area contributed by atoms with Crippen LogP contribution in [0.5, 0.6) is 0 Å². The van der Waals surface area contributed by atoms with Crippen molar-refractivity contribution in [2.24, 2.45) is 0 Å². The first-order valence-electron chi connectivity index (χ1n) is 9.01. The third kappa shape index (κ3) is 3.01. The quantitative estimate of drug-likeness (QED) is 0.812. The second-order valence-corrected chi connectivity index (χ2v) is 8.52. The van der Waals surface area contributed by atoms with Crippen molar-refractivity contribution in [2.45, 2.75) is 44.6 Å². The molecule has 1 unspecified atom stereocenters. The number of carbonyl (C=O) groups is 1. The molecule has 0 radical (unpaired) electrons. The largest absolute Gasteiger partial charge is 0.325 e. The first kappa shape index (κ1) is 17.1. The highest BCUT2D eigenvalue weighted by Crippen LogP contribution is 2.44. The molecule has 25 heavy (non-hydrogen) atoms. The molecule has 1 aromatic heterocycles. The molecule has 0 saturated carbocycles. The molecule has 1 atom stereocenters. The van der Waals surface area contributed by atoms with Crippen LogP contribution in [-0.2, 0) is 23.2 Å². The van der Waals surface area contributed by atoms with Gasteiger partial charge in [0.25, 0.3) is 0 Å². The lowest BCUT2D eigenvalue weighted by Gasteiger charge is -2.30. The fourth-order valence-electron chi connectivity index (χ4n) is 4.26. The Labute approximate surface area is 158 Å². The molecular weight excluding hydrogens is 352 g/mol. The van der Waals surface area contributed by atoms with Gasteiger partial charge in [-0.3, -0.25) is 9.69 Å². The zero-order valence-corrected chi connectivity index (χ0v) is 16.1. The van der Waals surface area contributed by atoms with E-state index in [0.717, 1.165) is 56.6 Å². The van der Waals surface area contributed by atoms with Crippen LogP contribution in [0.15, 0.2) is 29.6 Å². The number of thiophene rings is 1. The van der Waals surface area contributed by atoms with Gasteiger partial charge in [0.2, 0.25) is 5.91 Å². The van der Waals surface area contributed by atoms with E-state index in [-0.39, 0.29) is 5.91 Å². The molecule has 0 aliphatic carbocycles. The van der Waals surface area contributed by atoms with Crippen molar-refractivity contribution in [1.82, 2.24) is 4.90 Å². The zero-order chi connectivity index (χ0) is 17.4. The van der Waals surface area contributed by atoms with E-state index in [1.807, 2.05) is 29.5 Å². The van der Waals surface area contributed by atoms with Crippen LogP contribution in [0.2, 0.25) is 5.02 Å². The number of hydrogen-bond donors (Lipinski definition) is 1. The summed E-state index contributed by atoms with van der Waals surface area (Å²) in [6.07, 6.45) is 3.86. The second kappa shape index (κ2) is 6.75. The summed E-state index contributed by atoms with van der Waals surface area (Å²) in [4.78, 5) is 16.8. The van der Waals surface area contributed by atoms with Crippen LogP contribution in [0.4, 0.5) is 5.69 Å². The van der Waals surface area contributed by atoms with Crippen molar-refractivity contribution in [3.05, 3.63) is 50.7 Å². The Hall–Kier alpha value is -1.36. The highest BCUT2D eigenvalue weighted by molar-refractivity contribution is 7.10. The van der Waals surface area contributed by atoms with Gasteiger partial charge >= 0.3 is 0 Å². The molecule has 2 aliphatic heterocycles. The van der Waals surface area contributed by atoms with Gasteiger partial charge in [0.15, 0.2) is 0 Å². The van der Waals surface area contributed by atoms with E-state index < -0.39 is 5.41 Å². The van der Waals surface area contributed by atoms with E-state index in [4.69, 9.17) is 11.6 Å². The van der Waals surface area contributed by atoms with Crippen LogP contribution >= 0.6 is 22.9 Å². The van der Waals surface area contributed by atoms with Gasteiger partial charge in [-0.25, -0.2) is 0 Å². The van der Waals surface area contributed by atoms with Crippen LogP contribution in [0.1, 0.15) is 42.2 Å². The second-order valence-electron chi connectivity index (χ2n) is 7.08. The lowest BCUT2D eigenvalue weighted by atomic mass is 9.75. The Morgan fingerprint density at radius 3 is 3.08 bits per heavy atom. The molecule has 132 valence electrons. The van der Waals surface area contributed by atoms with Crippen molar-refractivity contribution < 1.29 is 4.79 Å². The number of fused-ring (bicyclic) bond motifs is 2. The maximum atomic E-state index is 12.7. The SMILES string of the molecule is CCC1(CCCN2CCc3sccc3C2)C(=O)Nc2ccc(Cl)cc21. The molecule has 2 aromatic rings. The predicted octanol–water partition coefficient (Wildman–Crippen LogP) is 4.84. The van der Waals surface area contributed by atoms with Crippen molar-refractivity contribution in [3.8, 4) is 0 Å². The summed E-state index contributed by atoms with van der Waals surface area (Å²) in [6, 6.07) is 7.99. The standard InChI is InChI=1S/C20H23ClN2OS/c1-2-20(16-12-15(21)4-5-17(16)22-19(20)24)8-3-9-23-10-6-18-14(13-23)7-11-25-18/h4-5,7,11-12H,2-3,6,8-10,13H2,1H3,(H,22,24). The Kier molecular flexibility index (Phi) is 4.61. The third-order valence-electron chi connectivity index (χ3n) is 5.75. The Bertz CT molecular complexity index is 803. The fraction of sp³-hybridized carbons (Fsp3) is 0.450. The predicted molar refractivity (Wildman–Crippen MR) is 105 cm³/mol. The summed E-state index contributed by atoms with van der Waals surface area (Å²) in [5.74, 6) is 0.131. The summed E-state index contributed by atoms with van der Waals surface area (Å²) in [5.41, 5.74) is 3.06. The molecule has 5 heteroatoms. The van der Waals surface area contributed by atoms with E-state index in [1.54, 1.807) is 4.88 Å². The number of rotatable bonds is 5. The van der Waals surface area contributed by atoms with E-state index in [0.29, 0.717) is 5.02 Å². The minimum atomic E-state index is -0.427. The summed E-state index contributed by atoms with van der Waals surface area (Å²) in [6.45, 7) is 5.32. The average Bonchev–Trinajstić information content (AvgIpc) is 3.18. The van der Waals surface area contributed by atoms with Gasteiger partial charge in [-0.1, -0.05) is 18.5 Å². The number of carbonyl (C=O) groups excluding carboxylic acids is 1. The van der Waals surface area contributed by atoms with Crippen molar-refractivity contribution in [2.75, 3.05) is 18.4 Å². The first-order valence-corrected chi connectivity index (χ1v) is 10.3. The summed E-state index contributed by atoms with van der Waals surface area (Å²) >= 11 is 8.08. The molecular formula is C20H23ClN2OS. The summed E-state index contributed by atoms with van der Waals surface area (Å²) in [7, 11) is 0. The Balaban J connectivity index is 1.45. The molecule has 0 saturated heterocycles. The van der Waals surface area contributed by atoms with Crippen molar-refractivity contribution >= 4 is 34.5 Å². The number of hydrogen-bond acceptors (Lipinski definition) is 3. The van der Waals surface area contributed by atoms with Gasteiger partial charge in [-0.15, -0.1) is 11.3 Å². The smallest absolute Gasteiger partial charge is 0.235 e. The van der Waals surface area contributed by atoms with Crippen LogP contribution < -0.4 is 5.32 Å². The molecule has 0 spiro atoms. The number of anilines is 1. The molecule has 1 N–H and O–H groups in total. The molecule has 2 aliphatic rings. The normalized spacial score (nSPS) is 22.6. The monoisotopic (exact) mass is 374 g/mol. The van der Waals surface area contributed by atoms with Crippen LogP contribution in [0, 0.1) is 0 Å². The number of nitrogens with one attached hydrogen (secondary N) is 1. The summed E-state index contributed by atoms with van der Waals surface area (Å²) in [5, 5.41) is 5.96. The fourth-order valence-corrected chi connectivity index (χ4v) is 5.33. The topological polar surface area (TPSA) is 32.3 Å². The molecule has 3 nitrogen and oxygen atoms in total. The minimum Gasteiger partial charge on any atom is -0.325 e. The van der Waals surface area contributed by atoms with E-state index in [2.05, 4.69) is 28.6 Å². The lowest BCUT2D eigenvalue weighted by molar-refractivity contribution is -0.121. The van der Waals surface area contributed by atoms with E-state index >= 15 is 0 Å². The van der Waals surface area contributed by atoms with Gasteiger partial charge in [0, 0.05) is 28.7 Å². The highest BCUT2D eigenvalue weighted by Gasteiger charge is 2.44. The summed E-state index contributed by atoms with van der Waals surface area (Å²) < 4.78 is 0. The zero-order valence-electron chi connectivity index (χ0n) is 14.5. The van der Waals surface area contributed by atoms with Crippen LogP contribution in [-0.4, -0.2) is 23.9 Å². The van der Waals surface area contributed by atoms with Gasteiger partial charge in [-0.2, -0.15) is 0 Å². The Morgan fingerprint density at radius 1 is 1.36 bits per heavy atom. The van der Waals surface area contributed by atoms with Gasteiger partial charge < -0.3 is 5.32 Å². The number of benzene rings is 1. The molecule has 1 aromatic carbocycles. The highest BCUT2D eigenvalue weighted by atomic mass is 35.5. The van der Waals surface area contributed by atoms with E-state index in [9.17, 15) is 4.79 Å². The van der Waals surface area contributed by atoms with Gasteiger partial charge in [-0.05, 0) is 73.0 Å².